The predicted molar refractivity (Wildman–Crippen MR) is 106 cm³/mol. The number of hydrogen-bond donors (Lipinski definition) is 1. The molecule has 3 aromatic rings. The van der Waals surface area contributed by atoms with Gasteiger partial charge in [0.15, 0.2) is 0 Å². The second-order valence-electron chi connectivity index (χ2n) is 6.51. The molecule has 0 amide bonds. The Kier molecular flexibility index (Phi) is 5.24. The highest BCUT2D eigenvalue weighted by Crippen LogP contribution is 2.25. The SMILES string of the molecule is COc1ccc(Cn2nc(CC3CNCCO3)c3ccc(Br)cc32)cc1. The Balaban J connectivity index is 1.65. The average molecular weight is 416 g/mol. The first-order valence-corrected chi connectivity index (χ1v) is 9.62. The van der Waals surface area contributed by atoms with Crippen molar-refractivity contribution in [3.05, 3.63) is 58.2 Å². The molecule has 1 aliphatic heterocycles. The van der Waals surface area contributed by atoms with Crippen molar-refractivity contribution in [2.45, 2.75) is 19.1 Å². The van der Waals surface area contributed by atoms with Crippen LogP contribution in [0.1, 0.15) is 11.3 Å². The fraction of sp³-hybridized carbons (Fsp3) is 0.350. The van der Waals surface area contributed by atoms with Crippen molar-refractivity contribution in [2.75, 3.05) is 26.8 Å². The van der Waals surface area contributed by atoms with Crippen molar-refractivity contribution in [1.82, 2.24) is 15.1 Å². The summed E-state index contributed by atoms with van der Waals surface area (Å²) in [5.74, 6) is 0.865. The van der Waals surface area contributed by atoms with Gasteiger partial charge in [0.25, 0.3) is 0 Å². The van der Waals surface area contributed by atoms with Gasteiger partial charge in [-0.1, -0.05) is 28.1 Å². The lowest BCUT2D eigenvalue weighted by molar-refractivity contribution is 0.0287. The Morgan fingerprint density at radius 2 is 2.12 bits per heavy atom. The van der Waals surface area contributed by atoms with E-state index in [1.807, 2.05) is 12.1 Å². The van der Waals surface area contributed by atoms with Crippen LogP contribution in [0.3, 0.4) is 0 Å². The summed E-state index contributed by atoms with van der Waals surface area (Å²) in [6.45, 7) is 3.29. The summed E-state index contributed by atoms with van der Waals surface area (Å²) >= 11 is 3.59. The quantitative estimate of drug-likeness (QED) is 0.693. The third kappa shape index (κ3) is 3.77. The molecule has 0 radical (unpaired) electrons. The van der Waals surface area contributed by atoms with Crippen molar-refractivity contribution in [2.24, 2.45) is 0 Å². The van der Waals surface area contributed by atoms with Crippen LogP contribution >= 0.6 is 15.9 Å². The first-order chi connectivity index (χ1) is 12.7. The van der Waals surface area contributed by atoms with Crippen LogP contribution in [-0.2, 0) is 17.7 Å². The fourth-order valence-corrected chi connectivity index (χ4v) is 3.71. The molecule has 0 aliphatic carbocycles. The maximum absolute atomic E-state index is 5.87. The fourth-order valence-electron chi connectivity index (χ4n) is 3.36. The lowest BCUT2D eigenvalue weighted by Gasteiger charge is -2.22. The van der Waals surface area contributed by atoms with Gasteiger partial charge in [-0.15, -0.1) is 0 Å². The zero-order chi connectivity index (χ0) is 17.9. The van der Waals surface area contributed by atoms with Gasteiger partial charge in [-0.25, -0.2) is 0 Å². The number of aromatic nitrogens is 2. The maximum Gasteiger partial charge on any atom is 0.118 e. The molecule has 0 bridgehead atoms. The second-order valence-corrected chi connectivity index (χ2v) is 7.43. The van der Waals surface area contributed by atoms with E-state index in [2.05, 4.69) is 56.3 Å². The lowest BCUT2D eigenvalue weighted by atomic mass is 10.1. The standard InChI is InChI=1S/C20H22BrN3O2/c1-25-16-5-2-14(3-6-16)13-24-20-10-15(21)4-7-18(20)19(23-24)11-17-12-22-8-9-26-17/h2-7,10,17,22H,8-9,11-13H2,1H3. The highest BCUT2D eigenvalue weighted by atomic mass is 79.9. The van der Waals surface area contributed by atoms with Crippen LogP contribution in [0, 0.1) is 0 Å². The van der Waals surface area contributed by atoms with E-state index in [1.165, 1.54) is 10.9 Å². The van der Waals surface area contributed by atoms with E-state index in [0.717, 1.165) is 54.1 Å². The average Bonchev–Trinajstić information content (AvgIpc) is 2.99. The molecule has 1 fully saturated rings. The largest absolute Gasteiger partial charge is 0.497 e. The third-order valence-electron chi connectivity index (χ3n) is 4.71. The number of nitrogens with one attached hydrogen (secondary N) is 1. The van der Waals surface area contributed by atoms with Crippen LogP contribution in [-0.4, -0.2) is 42.7 Å². The molecule has 1 aromatic heterocycles. The summed E-state index contributed by atoms with van der Waals surface area (Å²) < 4.78 is 14.3. The normalized spacial score (nSPS) is 17.5. The van der Waals surface area contributed by atoms with Gasteiger partial charge in [0.2, 0.25) is 0 Å². The summed E-state index contributed by atoms with van der Waals surface area (Å²) in [4.78, 5) is 0. The molecule has 1 atom stereocenters. The maximum atomic E-state index is 5.87. The Morgan fingerprint density at radius 1 is 1.27 bits per heavy atom. The number of halogens is 1. The molecular weight excluding hydrogens is 394 g/mol. The van der Waals surface area contributed by atoms with Gasteiger partial charge in [-0.2, -0.15) is 5.10 Å². The Morgan fingerprint density at radius 3 is 2.85 bits per heavy atom. The number of hydrogen-bond acceptors (Lipinski definition) is 4. The van der Waals surface area contributed by atoms with E-state index in [0.29, 0.717) is 0 Å². The van der Waals surface area contributed by atoms with Gasteiger partial charge in [0.05, 0.1) is 37.6 Å². The van der Waals surface area contributed by atoms with Crippen LogP contribution in [0.25, 0.3) is 10.9 Å². The van der Waals surface area contributed by atoms with E-state index >= 15 is 0 Å². The van der Waals surface area contributed by atoms with E-state index < -0.39 is 0 Å². The number of morpholine rings is 1. The van der Waals surface area contributed by atoms with Crippen LogP contribution in [0.5, 0.6) is 5.75 Å². The minimum Gasteiger partial charge on any atom is -0.497 e. The zero-order valence-electron chi connectivity index (χ0n) is 14.7. The molecule has 1 unspecified atom stereocenters. The molecule has 1 aliphatic rings. The minimum atomic E-state index is 0.180. The summed E-state index contributed by atoms with van der Waals surface area (Å²) in [6.07, 6.45) is 1.00. The number of nitrogens with zero attached hydrogens (tertiary/aromatic N) is 2. The molecule has 5 nitrogen and oxygen atoms in total. The van der Waals surface area contributed by atoms with E-state index in [1.54, 1.807) is 7.11 Å². The molecule has 2 heterocycles. The Labute approximate surface area is 161 Å². The van der Waals surface area contributed by atoms with Gasteiger partial charge in [0.1, 0.15) is 5.75 Å². The van der Waals surface area contributed by atoms with E-state index in [9.17, 15) is 0 Å². The summed E-state index contributed by atoms with van der Waals surface area (Å²) in [6, 6.07) is 14.5. The number of fused-ring (bicyclic) bond motifs is 1. The minimum absolute atomic E-state index is 0.180. The van der Waals surface area contributed by atoms with Crippen molar-refractivity contribution < 1.29 is 9.47 Å². The molecule has 0 spiro atoms. The predicted octanol–water partition coefficient (Wildman–Crippen LogP) is 3.39. The highest BCUT2D eigenvalue weighted by molar-refractivity contribution is 9.10. The van der Waals surface area contributed by atoms with Crippen LogP contribution < -0.4 is 10.1 Å². The molecule has 4 rings (SSSR count). The van der Waals surface area contributed by atoms with Gasteiger partial charge in [-0.05, 0) is 35.9 Å². The summed E-state index contributed by atoms with van der Waals surface area (Å²) in [7, 11) is 1.68. The smallest absolute Gasteiger partial charge is 0.118 e. The summed E-state index contributed by atoms with van der Waals surface area (Å²) in [5.41, 5.74) is 3.42. The van der Waals surface area contributed by atoms with E-state index in [-0.39, 0.29) is 6.10 Å². The number of benzene rings is 2. The molecule has 1 N–H and O–H groups in total. The monoisotopic (exact) mass is 415 g/mol. The van der Waals surface area contributed by atoms with Crippen LogP contribution in [0.4, 0.5) is 0 Å². The molecule has 136 valence electrons. The number of methoxy groups -OCH3 is 1. The van der Waals surface area contributed by atoms with Crippen molar-refractivity contribution in [1.29, 1.82) is 0 Å². The first-order valence-electron chi connectivity index (χ1n) is 8.83. The van der Waals surface area contributed by atoms with Gasteiger partial charge in [-0.3, -0.25) is 4.68 Å². The van der Waals surface area contributed by atoms with Gasteiger partial charge < -0.3 is 14.8 Å². The number of ether oxygens (including phenoxy) is 2. The van der Waals surface area contributed by atoms with Crippen molar-refractivity contribution in [3.63, 3.8) is 0 Å². The lowest BCUT2D eigenvalue weighted by Crippen LogP contribution is -2.39. The Bertz CT molecular complexity index is 886. The molecule has 0 saturated carbocycles. The molecule has 6 heteroatoms. The summed E-state index contributed by atoms with van der Waals surface area (Å²) in [5, 5.41) is 9.50. The Hall–Kier alpha value is -1.89. The van der Waals surface area contributed by atoms with Gasteiger partial charge >= 0.3 is 0 Å². The van der Waals surface area contributed by atoms with Crippen LogP contribution in [0.2, 0.25) is 0 Å². The third-order valence-corrected chi connectivity index (χ3v) is 5.20. The zero-order valence-corrected chi connectivity index (χ0v) is 16.3. The number of rotatable bonds is 5. The van der Waals surface area contributed by atoms with Crippen molar-refractivity contribution >= 4 is 26.8 Å². The first kappa shape index (κ1) is 17.5. The highest BCUT2D eigenvalue weighted by Gasteiger charge is 2.19. The molecule has 1 saturated heterocycles. The molecular formula is C20H22BrN3O2. The van der Waals surface area contributed by atoms with E-state index in [4.69, 9.17) is 14.6 Å². The second kappa shape index (κ2) is 7.78. The molecule has 2 aromatic carbocycles. The van der Waals surface area contributed by atoms with Crippen molar-refractivity contribution in [3.8, 4) is 5.75 Å². The van der Waals surface area contributed by atoms with Crippen LogP contribution in [0.15, 0.2) is 46.9 Å². The topological polar surface area (TPSA) is 48.3 Å². The van der Waals surface area contributed by atoms with Gasteiger partial charge in [0, 0.05) is 29.4 Å². The molecule has 26 heavy (non-hydrogen) atoms.